The number of nitrogens with one attached hydrogen (secondary N) is 1. The highest BCUT2D eigenvalue weighted by Crippen LogP contribution is 2.24. The summed E-state index contributed by atoms with van der Waals surface area (Å²) in [6.07, 6.45) is 1.35. The molecule has 0 fully saturated rings. The molecule has 30 heavy (non-hydrogen) atoms. The molecule has 0 bridgehead atoms. The average molecular weight is 405 g/mol. The molecule has 150 valence electrons. The van der Waals surface area contributed by atoms with E-state index in [4.69, 9.17) is 0 Å². The second-order valence-corrected chi connectivity index (χ2v) is 6.67. The van der Waals surface area contributed by atoms with E-state index in [1.54, 1.807) is 0 Å². The number of hydrogen-bond donors (Lipinski definition) is 2. The molecule has 0 unspecified atom stereocenters. The maximum absolute atomic E-state index is 13.8. The number of nitrogens with zero attached hydrogens (tertiary/aromatic N) is 2. The molecule has 0 saturated carbocycles. The third-order valence-corrected chi connectivity index (χ3v) is 4.59. The topological polar surface area (TPSA) is 67.2 Å². The van der Waals surface area contributed by atoms with Crippen molar-refractivity contribution in [1.82, 2.24) is 9.55 Å². The van der Waals surface area contributed by atoms with Gasteiger partial charge in [-0.05, 0) is 47.5 Å². The fourth-order valence-electron chi connectivity index (χ4n) is 3.04. The second kappa shape index (κ2) is 8.16. The van der Waals surface area contributed by atoms with E-state index < -0.39 is 11.6 Å². The van der Waals surface area contributed by atoms with Crippen LogP contribution in [0.4, 0.5) is 20.4 Å². The molecule has 0 atom stereocenters. The summed E-state index contributed by atoms with van der Waals surface area (Å²) in [5.74, 6) is -1.43. The van der Waals surface area contributed by atoms with Crippen LogP contribution in [0.1, 0.15) is 5.56 Å². The molecule has 0 aliphatic rings. The molecule has 0 saturated heterocycles. The first-order valence-electron chi connectivity index (χ1n) is 9.16. The molecule has 2 N–H and O–H groups in total. The van der Waals surface area contributed by atoms with Crippen LogP contribution in [-0.4, -0.2) is 14.7 Å². The van der Waals surface area contributed by atoms with Gasteiger partial charge in [-0.15, -0.1) is 0 Å². The van der Waals surface area contributed by atoms with Gasteiger partial charge in [0.2, 0.25) is 5.95 Å². The van der Waals surface area contributed by atoms with Gasteiger partial charge in [0.1, 0.15) is 5.82 Å². The van der Waals surface area contributed by atoms with E-state index in [9.17, 15) is 18.7 Å². The molecule has 0 amide bonds. The number of aromatic hydroxyl groups is 1. The molecule has 0 aliphatic heterocycles. The molecule has 3 aromatic carbocycles. The van der Waals surface area contributed by atoms with Gasteiger partial charge in [-0.2, -0.15) is 0 Å². The number of aromatic nitrogens is 2. The van der Waals surface area contributed by atoms with Crippen molar-refractivity contribution >= 4 is 11.6 Å². The predicted octanol–water partition coefficient (Wildman–Crippen LogP) is 4.69. The van der Waals surface area contributed by atoms with Gasteiger partial charge >= 0.3 is 0 Å². The van der Waals surface area contributed by atoms with E-state index in [-0.39, 0.29) is 29.4 Å². The Morgan fingerprint density at radius 2 is 1.70 bits per heavy atom. The number of anilines is 2. The van der Waals surface area contributed by atoms with Crippen molar-refractivity contribution in [3.63, 3.8) is 0 Å². The van der Waals surface area contributed by atoms with Gasteiger partial charge in [-0.1, -0.05) is 36.4 Å². The van der Waals surface area contributed by atoms with Gasteiger partial charge < -0.3 is 10.4 Å². The normalized spacial score (nSPS) is 10.7. The van der Waals surface area contributed by atoms with Crippen LogP contribution < -0.4 is 10.9 Å². The maximum atomic E-state index is 13.8. The average Bonchev–Trinajstić information content (AvgIpc) is 2.75. The van der Waals surface area contributed by atoms with E-state index in [0.717, 1.165) is 11.6 Å². The highest BCUT2D eigenvalue weighted by Gasteiger charge is 2.14. The number of benzene rings is 3. The highest BCUT2D eigenvalue weighted by molar-refractivity contribution is 5.64. The van der Waals surface area contributed by atoms with Crippen molar-refractivity contribution in [2.45, 2.75) is 6.54 Å². The summed E-state index contributed by atoms with van der Waals surface area (Å²) in [4.78, 5) is 17.6. The summed E-state index contributed by atoms with van der Waals surface area (Å²) < 4.78 is 28.5. The Hall–Kier alpha value is -4.00. The molecule has 1 heterocycles. The quantitative estimate of drug-likeness (QED) is 0.506. The molecular weight excluding hydrogens is 388 g/mol. The molecule has 0 spiro atoms. The first kappa shape index (κ1) is 19.3. The van der Waals surface area contributed by atoms with Crippen LogP contribution in [-0.2, 0) is 6.54 Å². The fraction of sp³-hybridized carbons (Fsp3) is 0.0435. The van der Waals surface area contributed by atoms with E-state index >= 15 is 0 Å². The molecule has 0 aliphatic carbocycles. The van der Waals surface area contributed by atoms with Crippen LogP contribution in [0.5, 0.6) is 5.75 Å². The molecule has 0 radical (unpaired) electrons. The summed E-state index contributed by atoms with van der Waals surface area (Å²) in [6.45, 7) is 0.227. The van der Waals surface area contributed by atoms with Crippen LogP contribution in [0.25, 0.3) is 11.1 Å². The lowest BCUT2D eigenvalue weighted by molar-refractivity contribution is 0.432. The Kier molecular flexibility index (Phi) is 5.26. The Labute approximate surface area is 170 Å². The Morgan fingerprint density at radius 3 is 2.40 bits per heavy atom. The van der Waals surface area contributed by atoms with Crippen molar-refractivity contribution in [2.24, 2.45) is 0 Å². The summed E-state index contributed by atoms with van der Waals surface area (Å²) >= 11 is 0. The van der Waals surface area contributed by atoms with Gasteiger partial charge in [0, 0.05) is 11.9 Å². The van der Waals surface area contributed by atoms with Crippen molar-refractivity contribution < 1.29 is 13.9 Å². The van der Waals surface area contributed by atoms with Crippen LogP contribution in [0.2, 0.25) is 0 Å². The summed E-state index contributed by atoms with van der Waals surface area (Å²) in [6, 6.07) is 18.8. The number of rotatable bonds is 5. The third kappa shape index (κ3) is 4.05. The third-order valence-electron chi connectivity index (χ3n) is 4.59. The summed E-state index contributed by atoms with van der Waals surface area (Å²) in [5, 5.41) is 12.5. The van der Waals surface area contributed by atoms with Gasteiger partial charge in [0.15, 0.2) is 11.6 Å². The standard InChI is InChI=1S/C23H17F2N3O2/c24-17-7-9-18(10-8-17)27-23-26-13-19(16-6-11-21(29)20(25)12-16)22(30)28(23)14-15-4-2-1-3-5-15/h1-13,29H,14H2,(H,26,27). The smallest absolute Gasteiger partial charge is 0.263 e. The van der Waals surface area contributed by atoms with Crippen molar-refractivity contribution in [1.29, 1.82) is 0 Å². The zero-order chi connectivity index (χ0) is 21.1. The zero-order valence-corrected chi connectivity index (χ0v) is 15.7. The molecule has 4 aromatic rings. The number of hydrogen-bond acceptors (Lipinski definition) is 4. The van der Waals surface area contributed by atoms with Crippen molar-refractivity contribution in [3.05, 3.63) is 107 Å². The lowest BCUT2D eigenvalue weighted by Crippen LogP contribution is -2.26. The van der Waals surface area contributed by atoms with Gasteiger partial charge in [-0.3, -0.25) is 9.36 Å². The second-order valence-electron chi connectivity index (χ2n) is 6.67. The molecule has 4 rings (SSSR count). The van der Waals surface area contributed by atoms with Gasteiger partial charge in [0.25, 0.3) is 5.56 Å². The minimum atomic E-state index is -0.824. The largest absolute Gasteiger partial charge is 0.505 e. The Bertz CT molecular complexity index is 1240. The first-order valence-corrected chi connectivity index (χ1v) is 9.16. The number of halogens is 2. The maximum Gasteiger partial charge on any atom is 0.263 e. The molecule has 5 nitrogen and oxygen atoms in total. The van der Waals surface area contributed by atoms with Crippen LogP contribution in [0.15, 0.2) is 83.8 Å². The lowest BCUT2D eigenvalue weighted by Gasteiger charge is -2.15. The molecular formula is C23H17F2N3O2. The number of phenolic OH excluding ortho intramolecular Hbond substituents is 1. The van der Waals surface area contributed by atoms with Crippen molar-refractivity contribution in [3.8, 4) is 16.9 Å². The highest BCUT2D eigenvalue weighted by atomic mass is 19.1. The summed E-state index contributed by atoms with van der Waals surface area (Å²) in [5.41, 5.74) is 1.54. The Balaban J connectivity index is 1.81. The van der Waals surface area contributed by atoms with Gasteiger partial charge in [-0.25, -0.2) is 13.8 Å². The monoisotopic (exact) mass is 405 g/mol. The van der Waals surface area contributed by atoms with E-state index in [2.05, 4.69) is 10.3 Å². The van der Waals surface area contributed by atoms with Crippen LogP contribution >= 0.6 is 0 Å². The van der Waals surface area contributed by atoms with E-state index in [1.165, 1.54) is 47.2 Å². The van der Waals surface area contributed by atoms with Crippen LogP contribution in [0, 0.1) is 11.6 Å². The lowest BCUT2D eigenvalue weighted by atomic mass is 10.1. The molecule has 7 heteroatoms. The zero-order valence-electron chi connectivity index (χ0n) is 15.7. The van der Waals surface area contributed by atoms with E-state index in [1.807, 2.05) is 30.3 Å². The van der Waals surface area contributed by atoms with E-state index in [0.29, 0.717) is 11.3 Å². The number of phenols is 1. The SMILES string of the molecule is O=c1c(-c2ccc(O)c(F)c2)cnc(Nc2ccc(F)cc2)n1Cc1ccccc1. The van der Waals surface area contributed by atoms with Crippen LogP contribution in [0.3, 0.4) is 0 Å². The predicted molar refractivity (Wildman–Crippen MR) is 111 cm³/mol. The summed E-state index contributed by atoms with van der Waals surface area (Å²) in [7, 11) is 0. The molecule has 1 aromatic heterocycles. The van der Waals surface area contributed by atoms with Gasteiger partial charge in [0.05, 0.1) is 12.1 Å². The Morgan fingerprint density at radius 1 is 0.967 bits per heavy atom. The van der Waals surface area contributed by atoms with Crippen molar-refractivity contribution in [2.75, 3.05) is 5.32 Å². The fourth-order valence-corrected chi connectivity index (χ4v) is 3.04. The minimum Gasteiger partial charge on any atom is -0.505 e. The first-order chi connectivity index (χ1) is 14.5. The minimum absolute atomic E-state index is 0.189.